The Morgan fingerprint density at radius 3 is 2.48 bits per heavy atom. The molecular formula is C18H21ClFN. The number of benzene rings is 2. The number of para-hydroxylation sites is 1. The summed E-state index contributed by atoms with van der Waals surface area (Å²) >= 11 is 6.12. The number of hydrogen-bond acceptors (Lipinski definition) is 1. The van der Waals surface area contributed by atoms with Crippen LogP contribution in [-0.2, 0) is 0 Å². The van der Waals surface area contributed by atoms with Crippen molar-refractivity contribution < 1.29 is 4.39 Å². The van der Waals surface area contributed by atoms with E-state index in [4.69, 9.17) is 11.6 Å². The molecule has 1 N–H and O–H groups in total. The van der Waals surface area contributed by atoms with Gasteiger partial charge in [0.05, 0.1) is 16.8 Å². The van der Waals surface area contributed by atoms with E-state index in [0.29, 0.717) is 10.7 Å². The molecule has 0 spiro atoms. The highest BCUT2D eigenvalue weighted by molar-refractivity contribution is 6.33. The first kappa shape index (κ1) is 15.8. The van der Waals surface area contributed by atoms with Crippen LogP contribution in [0.1, 0.15) is 44.2 Å². The minimum absolute atomic E-state index is 0.0761. The molecule has 2 rings (SSSR count). The van der Waals surface area contributed by atoms with Crippen LogP contribution >= 0.6 is 11.6 Å². The van der Waals surface area contributed by atoms with E-state index in [1.54, 1.807) is 12.1 Å². The summed E-state index contributed by atoms with van der Waals surface area (Å²) in [5.41, 5.74) is 1.55. The minimum Gasteiger partial charge on any atom is -0.375 e. The lowest BCUT2D eigenvalue weighted by Gasteiger charge is -2.21. The number of unbranched alkanes of at least 4 members (excludes halogenated alkanes) is 2. The highest BCUT2D eigenvalue weighted by Gasteiger charge is 2.15. The molecule has 0 aliphatic heterocycles. The number of hydrogen-bond donors (Lipinski definition) is 1. The predicted octanol–water partition coefficient (Wildman–Crippen LogP) is 6.21. The van der Waals surface area contributed by atoms with Crippen molar-refractivity contribution in [3.63, 3.8) is 0 Å². The van der Waals surface area contributed by atoms with E-state index in [2.05, 4.69) is 24.4 Å². The van der Waals surface area contributed by atoms with Gasteiger partial charge in [-0.05, 0) is 24.1 Å². The minimum atomic E-state index is -0.307. The normalized spacial score (nSPS) is 12.1. The third kappa shape index (κ3) is 4.47. The monoisotopic (exact) mass is 305 g/mol. The standard InChI is InChI=1S/C18H21ClFN/c1-2-3-5-13-17(14-9-6-4-7-10-14)21-18-15(19)11-8-12-16(18)20/h4,6-12,17,21H,2-3,5,13H2,1H3. The molecule has 0 saturated heterocycles. The molecule has 0 aliphatic rings. The van der Waals surface area contributed by atoms with Gasteiger partial charge in [-0.3, -0.25) is 0 Å². The van der Waals surface area contributed by atoms with E-state index in [0.717, 1.165) is 18.4 Å². The Kier molecular flexibility index (Phi) is 6.06. The van der Waals surface area contributed by atoms with Crippen molar-refractivity contribution in [2.24, 2.45) is 0 Å². The van der Waals surface area contributed by atoms with Crippen molar-refractivity contribution in [3.8, 4) is 0 Å². The lowest BCUT2D eigenvalue weighted by atomic mass is 10.00. The van der Waals surface area contributed by atoms with Gasteiger partial charge in [-0.2, -0.15) is 0 Å². The molecular weight excluding hydrogens is 285 g/mol. The van der Waals surface area contributed by atoms with Gasteiger partial charge in [0, 0.05) is 0 Å². The van der Waals surface area contributed by atoms with Crippen molar-refractivity contribution in [2.45, 2.75) is 38.6 Å². The molecule has 0 radical (unpaired) electrons. The second-order valence-electron chi connectivity index (χ2n) is 5.20. The van der Waals surface area contributed by atoms with Crippen molar-refractivity contribution >= 4 is 17.3 Å². The van der Waals surface area contributed by atoms with Crippen LogP contribution in [-0.4, -0.2) is 0 Å². The summed E-state index contributed by atoms with van der Waals surface area (Å²) in [5.74, 6) is -0.307. The summed E-state index contributed by atoms with van der Waals surface area (Å²) in [6.45, 7) is 2.18. The van der Waals surface area contributed by atoms with Crippen molar-refractivity contribution in [1.29, 1.82) is 0 Å². The fraction of sp³-hybridized carbons (Fsp3) is 0.333. The largest absolute Gasteiger partial charge is 0.375 e. The van der Waals surface area contributed by atoms with Gasteiger partial charge in [-0.15, -0.1) is 0 Å². The van der Waals surface area contributed by atoms with Gasteiger partial charge in [0.15, 0.2) is 0 Å². The van der Waals surface area contributed by atoms with Crippen LogP contribution in [0, 0.1) is 5.82 Å². The molecule has 0 fully saturated rings. The van der Waals surface area contributed by atoms with Crippen LogP contribution in [0.2, 0.25) is 5.02 Å². The molecule has 0 aromatic heterocycles. The van der Waals surface area contributed by atoms with E-state index >= 15 is 0 Å². The van der Waals surface area contributed by atoms with Crippen LogP contribution < -0.4 is 5.32 Å². The SMILES string of the molecule is CCCCCC(Nc1c(F)cccc1Cl)c1ccccc1. The molecule has 2 aromatic rings. The maximum atomic E-state index is 14.0. The molecule has 0 saturated carbocycles. The molecule has 1 atom stereocenters. The van der Waals surface area contributed by atoms with Crippen LogP contribution in [0.4, 0.5) is 10.1 Å². The Bertz CT molecular complexity index is 536. The van der Waals surface area contributed by atoms with Gasteiger partial charge in [0.1, 0.15) is 5.82 Å². The van der Waals surface area contributed by atoms with Crippen LogP contribution in [0.25, 0.3) is 0 Å². The van der Waals surface area contributed by atoms with Gasteiger partial charge >= 0.3 is 0 Å². The van der Waals surface area contributed by atoms with Crippen LogP contribution in [0.15, 0.2) is 48.5 Å². The maximum absolute atomic E-state index is 14.0. The zero-order valence-corrected chi connectivity index (χ0v) is 13.0. The third-order valence-corrected chi connectivity index (χ3v) is 3.89. The second-order valence-corrected chi connectivity index (χ2v) is 5.61. The zero-order chi connectivity index (χ0) is 15.1. The number of halogens is 2. The Hall–Kier alpha value is -1.54. The first-order valence-corrected chi connectivity index (χ1v) is 7.85. The molecule has 21 heavy (non-hydrogen) atoms. The van der Waals surface area contributed by atoms with Crippen molar-refractivity contribution in [2.75, 3.05) is 5.32 Å². The molecule has 112 valence electrons. The summed E-state index contributed by atoms with van der Waals surface area (Å²) in [6, 6.07) is 15.0. The Morgan fingerprint density at radius 1 is 1.05 bits per heavy atom. The topological polar surface area (TPSA) is 12.0 Å². The summed E-state index contributed by atoms with van der Waals surface area (Å²) in [4.78, 5) is 0. The highest BCUT2D eigenvalue weighted by Crippen LogP contribution is 2.31. The molecule has 0 bridgehead atoms. The predicted molar refractivity (Wildman–Crippen MR) is 88.4 cm³/mol. The molecule has 0 amide bonds. The van der Waals surface area contributed by atoms with E-state index in [1.807, 2.05) is 18.2 Å². The van der Waals surface area contributed by atoms with E-state index in [-0.39, 0.29) is 11.9 Å². The molecule has 3 heteroatoms. The zero-order valence-electron chi connectivity index (χ0n) is 12.3. The maximum Gasteiger partial charge on any atom is 0.147 e. The van der Waals surface area contributed by atoms with Gasteiger partial charge in [0.25, 0.3) is 0 Å². The molecule has 2 aromatic carbocycles. The first-order chi connectivity index (χ1) is 10.2. The van der Waals surface area contributed by atoms with Crippen LogP contribution in [0.5, 0.6) is 0 Å². The molecule has 1 unspecified atom stereocenters. The van der Waals surface area contributed by atoms with Gasteiger partial charge in [-0.25, -0.2) is 4.39 Å². The number of anilines is 1. The summed E-state index contributed by atoms with van der Waals surface area (Å²) in [6.07, 6.45) is 4.41. The van der Waals surface area contributed by atoms with Crippen molar-refractivity contribution in [3.05, 3.63) is 64.9 Å². The van der Waals surface area contributed by atoms with E-state index < -0.39 is 0 Å². The highest BCUT2D eigenvalue weighted by atomic mass is 35.5. The first-order valence-electron chi connectivity index (χ1n) is 7.48. The molecule has 0 aliphatic carbocycles. The lowest BCUT2D eigenvalue weighted by molar-refractivity contribution is 0.593. The fourth-order valence-electron chi connectivity index (χ4n) is 2.42. The van der Waals surface area contributed by atoms with Crippen LogP contribution in [0.3, 0.4) is 0 Å². The molecule has 0 heterocycles. The summed E-state index contributed by atoms with van der Waals surface area (Å²) in [7, 11) is 0. The van der Waals surface area contributed by atoms with E-state index in [9.17, 15) is 4.39 Å². The van der Waals surface area contributed by atoms with Gasteiger partial charge < -0.3 is 5.32 Å². The average molecular weight is 306 g/mol. The smallest absolute Gasteiger partial charge is 0.147 e. The Morgan fingerprint density at radius 2 is 1.81 bits per heavy atom. The average Bonchev–Trinajstić information content (AvgIpc) is 2.50. The van der Waals surface area contributed by atoms with Gasteiger partial charge in [-0.1, -0.05) is 74.2 Å². The number of rotatable bonds is 7. The summed E-state index contributed by atoms with van der Waals surface area (Å²) < 4.78 is 14.0. The quantitative estimate of drug-likeness (QED) is 0.599. The van der Waals surface area contributed by atoms with Crippen molar-refractivity contribution in [1.82, 2.24) is 0 Å². The lowest BCUT2D eigenvalue weighted by Crippen LogP contribution is -2.12. The van der Waals surface area contributed by atoms with E-state index in [1.165, 1.54) is 18.9 Å². The summed E-state index contributed by atoms with van der Waals surface area (Å²) in [5, 5.41) is 3.71. The molecule has 1 nitrogen and oxygen atoms in total. The van der Waals surface area contributed by atoms with Gasteiger partial charge in [0.2, 0.25) is 0 Å². The number of nitrogens with one attached hydrogen (secondary N) is 1. The Labute approximate surface area is 131 Å². The Balaban J connectivity index is 2.19. The fourth-order valence-corrected chi connectivity index (χ4v) is 2.63. The second kappa shape index (κ2) is 8.04. The third-order valence-electron chi connectivity index (χ3n) is 3.58.